The molecular weight excluding hydrogens is 256 g/mol. The molecule has 3 atom stereocenters. The molecule has 0 spiro atoms. The van der Waals surface area contributed by atoms with E-state index in [0.29, 0.717) is 0 Å². The summed E-state index contributed by atoms with van der Waals surface area (Å²) in [4.78, 5) is 2.79. The summed E-state index contributed by atoms with van der Waals surface area (Å²) in [6, 6.07) is 0.779. The summed E-state index contributed by atoms with van der Waals surface area (Å²) in [6.07, 6.45) is 11.4. The fraction of sp³-hybridized carbons (Fsp3) is 1.00. The molecule has 2 fully saturated rings. The van der Waals surface area contributed by atoms with Crippen molar-refractivity contribution >= 4 is 0 Å². The van der Waals surface area contributed by atoms with Gasteiger partial charge in [0.2, 0.25) is 0 Å². The molecule has 0 heterocycles. The monoisotopic (exact) mass is 294 g/mol. The van der Waals surface area contributed by atoms with Gasteiger partial charge in [-0.05, 0) is 69.4 Å². The van der Waals surface area contributed by atoms with Crippen molar-refractivity contribution in [2.24, 2.45) is 17.8 Å². The van der Waals surface area contributed by atoms with Crippen molar-refractivity contribution in [3.63, 3.8) is 0 Å². The Morgan fingerprint density at radius 1 is 0.905 bits per heavy atom. The minimum Gasteiger partial charge on any atom is -0.314 e. The van der Waals surface area contributed by atoms with E-state index in [4.69, 9.17) is 0 Å². The van der Waals surface area contributed by atoms with Crippen molar-refractivity contribution in [2.75, 3.05) is 26.2 Å². The van der Waals surface area contributed by atoms with Crippen molar-refractivity contribution < 1.29 is 0 Å². The Hall–Kier alpha value is -0.0800. The van der Waals surface area contributed by atoms with Gasteiger partial charge in [0.25, 0.3) is 0 Å². The smallest absolute Gasteiger partial charge is 0.0108 e. The van der Waals surface area contributed by atoms with Gasteiger partial charge < -0.3 is 10.2 Å². The molecule has 2 saturated carbocycles. The summed E-state index contributed by atoms with van der Waals surface area (Å²) >= 11 is 0. The second-order valence-corrected chi connectivity index (χ2v) is 7.59. The molecule has 0 amide bonds. The van der Waals surface area contributed by atoms with Crippen LogP contribution in [-0.4, -0.2) is 37.1 Å². The summed E-state index contributed by atoms with van der Waals surface area (Å²) in [7, 11) is 0. The predicted molar refractivity (Wildman–Crippen MR) is 92.7 cm³/mol. The molecule has 21 heavy (non-hydrogen) atoms. The summed E-state index contributed by atoms with van der Waals surface area (Å²) in [5.74, 6) is 2.92. The van der Waals surface area contributed by atoms with Gasteiger partial charge in [-0.2, -0.15) is 0 Å². The molecule has 0 saturated heterocycles. The highest BCUT2D eigenvalue weighted by atomic mass is 15.1. The Kier molecular flexibility index (Phi) is 7.53. The molecule has 0 aromatic heterocycles. The largest absolute Gasteiger partial charge is 0.314 e. The second kappa shape index (κ2) is 9.15. The quantitative estimate of drug-likeness (QED) is 0.646. The molecule has 0 aromatic rings. The Morgan fingerprint density at radius 2 is 1.67 bits per heavy atom. The number of hydrogen-bond donors (Lipinski definition) is 1. The van der Waals surface area contributed by atoms with Gasteiger partial charge in [-0.15, -0.1) is 0 Å². The van der Waals surface area contributed by atoms with E-state index in [1.54, 1.807) is 0 Å². The second-order valence-electron chi connectivity index (χ2n) is 7.59. The maximum absolute atomic E-state index is 3.79. The predicted octanol–water partition coefficient (Wildman–Crippen LogP) is 4.30. The zero-order chi connectivity index (χ0) is 15.1. The van der Waals surface area contributed by atoms with Crippen LogP contribution in [0.4, 0.5) is 0 Å². The Labute approximate surface area is 133 Å². The molecule has 2 nitrogen and oxygen atoms in total. The van der Waals surface area contributed by atoms with Gasteiger partial charge in [0, 0.05) is 19.1 Å². The van der Waals surface area contributed by atoms with Gasteiger partial charge in [0.05, 0.1) is 0 Å². The Morgan fingerprint density at radius 3 is 2.29 bits per heavy atom. The standard InChI is InChI=1S/C19H38N2/c1-4-7-16-10-11-19(20-6-3)18(13-16)15-21(12-5-2)14-17-8-9-17/h16-20H,4-15H2,1-3H3. The minimum absolute atomic E-state index is 0.779. The first-order chi connectivity index (χ1) is 10.3. The van der Waals surface area contributed by atoms with E-state index in [0.717, 1.165) is 30.3 Å². The summed E-state index contributed by atoms with van der Waals surface area (Å²) < 4.78 is 0. The first-order valence-electron chi connectivity index (χ1n) is 9.72. The molecule has 2 aliphatic rings. The molecule has 0 aliphatic heterocycles. The maximum atomic E-state index is 3.79. The van der Waals surface area contributed by atoms with Crippen LogP contribution in [0.5, 0.6) is 0 Å². The van der Waals surface area contributed by atoms with Gasteiger partial charge in [-0.3, -0.25) is 0 Å². The van der Waals surface area contributed by atoms with Gasteiger partial charge in [-0.25, -0.2) is 0 Å². The van der Waals surface area contributed by atoms with Gasteiger partial charge in [0.15, 0.2) is 0 Å². The highest BCUT2D eigenvalue weighted by Gasteiger charge is 2.32. The van der Waals surface area contributed by atoms with Crippen molar-refractivity contribution in [3.8, 4) is 0 Å². The lowest BCUT2D eigenvalue weighted by Crippen LogP contribution is -2.46. The Bertz CT molecular complexity index is 275. The van der Waals surface area contributed by atoms with E-state index >= 15 is 0 Å². The van der Waals surface area contributed by atoms with Crippen LogP contribution in [0.2, 0.25) is 0 Å². The van der Waals surface area contributed by atoms with Crippen LogP contribution >= 0.6 is 0 Å². The molecule has 1 N–H and O–H groups in total. The molecule has 2 heteroatoms. The minimum atomic E-state index is 0.779. The van der Waals surface area contributed by atoms with Crippen LogP contribution in [0, 0.1) is 17.8 Å². The molecule has 2 aliphatic carbocycles. The third-order valence-electron chi connectivity index (χ3n) is 5.50. The van der Waals surface area contributed by atoms with E-state index < -0.39 is 0 Å². The SMILES string of the molecule is CCCC1CCC(NCC)C(CN(CCC)CC2CC2)C1. The van der Waals surface area contributed by atoms with Crippen LogP contribution in [-0.2, 0) is 0 Å². The van der Waals surface area contributed by atoms with Crippen molar-refractivity contribution in [1.82, 2.24) is 10.2 Å². The molecule has 2 rings (SSSR count). The van der Waals surface area contributed by atoms with Gasteiger partial charge in [0.1, 0.15) is 0 Å². The van der Waals surface area contributed by atoms with Crippen LogP contribution in [0.3, 0.4) is 0 Å². The lowest BCUT2D eigenvalue weighted by atomic mass is 9.76. The number of rotatable bonds is 10. The first kappa shape index (κ1) is 17.3. The average molecular weight is 295 g/mol. The van der Waals surface area contributed by atoms with E-state index in [2.05, 4.69) is 31.0 Å². The lowest BCUT2D eigenvalue weighted by molar-refractivity contribution is 0.133. The van der Waals surface area contributed by atoms with E-state index in [1.807, 2.05) is 0 Å². The van der Waals surface area contributed by atoms with Crippen molar-refractivity contribution in [1.29, 1.82) is 0 Å². The van der Waals surface area contributed by atoms with Crippen LogP contribution in [0.25, 0.3) is 0 Å². The van der Waals surface area contributed by atoms with Crippen molar-refractivity contribution in [3.05, 3.63) is 0 Å². The number of hydrogen-bond acceptors (Lipinski definition) is 2. The van der Waals surface area contributed by atoms with E-state index in [9.17, 15) is 0 Å². The molecule has 0 radical (unpaired) electrons. The number of nitrogens with one attached hydrogen (secondary N) is 1. The third-order valence-corrected chi connectivity index (χ3v) is 5.50. The fourth-order valence-corrected chi connectivity index (χ4v) is 4.33. The van der Waals surface area contributed by atoms with Crippen LogP contribution in [0.15, 0.2) is 0 Å². The summed E-state index contributed by atoms with van der Waals surface area (Å²) in [5.41, 5.74) is 0. The molecule has 0 bridgehead atoms. The van der Waals surface area contributed by atoms with Gasteiger partial charge in [-0.1, -0.05) is 33.6 Å². The maximum Gasteiger partial charge on any atom is 0.0108 e. The van der Waals surface area contributed by atoms with E-state index in [-0.39, 0.29) is 0 Å². The molecule has 124 valence electrons. The molecule has 0 aromatic carbocycles. The van der Waals surface area contributed by atoms with Crippen LogP contribution < -0.4 is 5.32 Å². The third kappa shape index (κ3) is 5.90. The summed E-state index contributed by atoms with van der Waals surface area (Å²) in [5, 5.41) is 3.79. The molecular formula is C19H38N2. The Balaban J connectivity index is 1.88. The van der Waals surface area contributed by atoms with Crippen LogP contribution in [0.1, 0.15) is 72.1 Å². The van der Waals surface area contributed by atoms with E-state index in [1.165, 1.54) is 71.0 Å². The fourth-order valence-electron chi connectivity index (χ4n) is 4.33. The topological polar surface area (TPSA) is 15.3 Å². The molecule has 3 unspecified atom stereocenters. The summed E-state index contributed by atoms with van der Waals surface area (Å²) in [6.45, 7) is 12.1. The first-order valence-corrected chi connectivity index (χ1v) is 9.72. The highest BCUT2D eigenvalue weighted by molar-refractivity contribution is 4.87. The average Bonchev–Trinajstić information content (AvgIpc) is 3.26. The zero-order valence-corrected chi connectivity index (χ0v) is 14.7. The highest BCUT2D eigenvalue weighted by Crippen LogP contribution is 2.34. The zero-order valence-electron chi connectivity index (χ0n) is 14.7. The van der Waals surface area contributed by atoms with Gasteiger partial charge >= 0.3 is 0 Å². The number of nitrogens with zero attached hydrogens (tertiary/aromatic N) is 1. The van der Waals surface area contributed by atoms with Crippen molar-refractivity contribution in [2.45, 2.75) is 78.2 Å². The lowest BCUT2D eigenvalue weighted by Gasteiger charge is -2.39. The normalized spacial score (nSPS) is 30.0.